The number of benzene rings is 1. The van der Waals surface area contributed by atoms with Gasteiger partial charge in [0, 0.05) is 12.7 Å². The lowest BCUT2D eigenvalue weighted by Crippen LogP contribution is -2.48. The summed E-state index contributed by atoms with van der Waals surface area (Å²) in [6, 6.07) is 5.27. The predicted octanol–water partition coefficient (Wildman–Crippen LogP) is 1.30. The van der Waals surface area contributed by atoms with E-state index in [1.54, 1.807) is 26.1 Å². The summed E-state index contributed by atoms with van der Waals surface area (Å²) in [7, 11) is 1.76. The van der Waals surface area contributed by atoms with E-state index in [4.69, 9.17) is 4.74 Å². The first-order valence-corrected chi connectivity index (χ1v) is 6.18. The molecule has 96 valence electrons. The van der Waals surface area contributed by atoms with Gasteiger partial charge in [0.15, 0.2) is 6.10 Å². The average Bonchev–Trinajstić information content (AvgIpc) is 2.39. The van der Waals surface area contributed by atoms with Crippen molar-refractivity contribution in [2.45, 2.75) is 13.0 Å². The van der Waals surface area contributed by atoms with E-state index in [1.165, 1.54) is 0 Å². The Morgan fingerprint density at radius 2 is 2.28 bits per heavy atom. The first kappa shape index (κ1) is 12.8. The fourth-order valence-corrected chi connectivity index (χ4v) is 1.96. The smallest absolute Gasteiger partial charge is 0.274 e. The zero-order chi connectivity index (χ0) is 13.3. The highest BCUT2D eigenvalue weighted by molar-refractivity contribution is 7.81. The van der Waals surface area contributed by atoms with Crippen LogP contribution in [0.5, 0.6) is 5.75 Å². The van der Waals surface area contributed by atoms with Crippen LogP contribution in [0.2, 0.25) is 0 Å². The lowest BCUT2D eigenvalue weighted by Gasteiger charge is -2.31. The van der Waals surface area contributed by atoms with Crippen molar-refractivity contribution in [1.82, 2.24) is 0 Å². The molecule has 0 aliphatic carbocycles. The van der Waals surface area contributed by atoms with Gasteiger partial charge in [0.1, 0.15) is 5.75 Å². The quantitative estimate of drug-likeness (QED) is 0.792. The number of hydrogen-bond acceptors (Lipinski definition) is 5. The van der Waals surface area contributed by atoms with Crippen LogP contribution in [-0.2, 0) is 9.59 Å². The molecule has 0 bridgehead atoms. The van der Waals surface area contributed by atoms with Gasteiger partial charge in [-0.05, 0) is 25.1 Å². The van der Waals surface area contributed by atoms with Gasteiger partial charge in [-0.1, -0.05) is 0 Å². The molecule has 5 nitrogen and oxygen atoms in total. The number of imide groups is 1. The molecule has 0 fully saturated rings. The van der Waals surface area contributed by atoms with E-state index in [0.717, 1.165) is 10.6 Å². The van der Waals surface area contributed by atoms with Crippen LogP contribution in [0.25, 0.3) is 0 Å². The van der Waals surface area contributed by atoms with Crippen molar-refractivity contribution in [3.63, 3.8) is 0 Å². The molecule has 1 aromatic carbocycles. The predicted molar refractivity (Wildman–Crippen MR) is 72.4 cm³/mol. The summed E-state index contributed by atoms with van der Waals surface area (Å²) in [5.74, 6) is -0.221. The highest BCUT2D eigenvalue weighted by atomic mass is 32.1. The highest BCUT2D eigenvalue weighted by Crippen LogP contribution is 2.36. The summed E-state index contributed by atoms with van der Waals surface area (Å²) in [5, 5.41) is 2.96. The molecule has 2 rings (SSSR count). The van der Waals surface area contributed by atoms with E-state index in [1.807, 2.05) is 6.07 Å². The molecule has 1 aromatic rings. The Morgan fingerprint density at radius 3 is 2.89 bits per heavy atom. The van der Waals surface area contributed by atoms with Crippen molar-refractivity contribution in [2.75, 3.05) is 23.0 Å². The number of fused-ring (bicyclic) bond motifs is 1. The van der Waals surface area contributed by atoms with Gasteiger partial charge < -0.3 is 10.1 Å². The number of carbonyl (C=O) groups is 2. The molecule has 18 heavy (non-hydrogen) atoms. The number of thiol groups is 1. The maximum atomic E-state index is 12.0. The Hall–Kier alpha value is -1.69. The van der Waals surface area contributed by atoms with Gasteiger partial charge in [0.25, 0.3) is 5.91 Å². The third-order valence-electron chi connectivity index (χ3n) is 2.75. The first-order chi connectivity index (χ1) is 8.58. The molecule has 0 aromatic heterocycles. The molecule has 2 amide bonds. The van der Waals surface area contributed by atoms with Gasteiger partial charge in [-0.15, -0.1) is 0 Å². The number of nitrogens with one attached hydrogen (secondary N) is 1. The Kier molecular flexibility index (Phi) is 3.47. The second-order valence-corrected chi connectivity index (χ2v) is 4.23. The molecular formula is C12H14N2O3S. The second-order valence-electron chi connectivity index (χ2n) is 3.92. The van der Waals surface area contributed by atoms with Crippen LogP contribution >= 0.6 is 12.6 Å². The highest BCUT2D eigenvalue weighted by Gasteiger charge is 2.35. The molecule has 0 saturated heterocycles. The Labute approximate surface area is 111 Å². The minimum absolute atomic E-state index is 0.0261. The molecule has 1 aliphatic rings. The second kappa shape index (κ2) is 4.89. The number of ether oxygens (including phenoxy) is 1. The molecule has 6 heteroatoms. The maximum absolute atomic E-state index is 12.0. The summed E-state index contributed by atoms with van der Waals surface area (Å²) in [6.45, 7) is 1.62. The van der Waals surface area contributed by atoms with Crippen LogP contribution < -0.4 is 15.0 Å². The third-order valence-corrected chi connectivity index (χ3v) is 3.02. The summed E-state index contributed by atoms with van der Waals surface area (Å²) < 4.78 is 5.47. The zero-order valence-corrected chi connectivity index (χ0v) is 11.0. The van der Waals surface area contributed by atoms with Gasteiger partial charge >= 0.3 is 0 Å². The SMILES string of the molecule is CNc1ccc2c(c1)N(C(=O)CS)C(=O)C(C)O2. The number of carbonyl (C=O) groups excluding carboxylic acids is 2. The number of nitrogens with zero attached hydrogens (tertiary/aromatic N) is 1. The number of anilines is 2. The van der Waals surface area contributed by atoms with Crippen molar-refractivity contribution in [2.24, 2.45) is 0 Å². The van der Waals surface area contributed by atoms with Gasteiger partial charge in [-0.25, -0.2) is 4.90 Å². The van der Waals surface area contributed by atoms with Crippen LogP contribution in [0.15, 0.2) is 18.2 Å². The van der Waals surface area contributed by atoms with Crippen molar-refractivity contribution in [1.29, 1.82) is 0 Å². The van der Waals surface area contributed by atoms with Crippen molar-refractivity contribution < 1.29 is 14.3 Å². The molecule has 0 saturated carbocycles. The van der Waals surface area contributed by atoms with Gasteiger partial charge in [-0.3, -0.25) is 9.59 Å². The van der Waals surface area contributed by atoms with Crippen molar-refractivity contribution >= 4 is 35.8 Å². The number of amides is 2. The minimum atomic E-state index is -0.665. The fraction of sp³-hybridized carbons (Fsp3) is 0.333. The lowest BCUT2D eigenvalue weighted by molar-refractivity contribution is -0.130. The molecule has 1 N–H and O–H groups in total. The summed E-state index contributed by atoms with van der Waals surface area (Å²) in [5.41, 5.74) is 1.26. The summed E-state index contributed by atoms with van der Waals surface area (Å²) in [6.07, 6.45) is -0.665. The van der Waals surface area contributed by atoms with E-state index < -0.39 is 6.10 Å². The number of hydrogen-bond donors (Lipinski definition) is 2. The van der Waals surface area contributed by atoms with Gasteiger partial charge in [0.2, 0.25) is 5.91 Å². The topological polar surface area (TPSA) is 58.6 Å². The van der Waals surface area contributed by atoms with Crippen LogP contribution in [0.4, 0.5) is 11.4 Å². The standard InChI is InChI=1S/C12H14N2O3S/c1-7-12(16)14(11(15)6-18)9-5-8(13-2)3-4-10(9)17-7/h3-5,7,13,18H,6H2,1-2H3. The molecule has 1 aliphatic heterocycles. The largest absolute Gasteiger partial charge is 0.479 e. The van der Waals surface area contributed by atoms with Crippen LogP contribution in [0.1, 0.15) is 6.92 Å². The number of rotatable bonds is 2. The van der Waals surface area contributed by atoms with E-state index in [-0.39, 0.29) is 17.6 Å². The van der Waals surface area contributed by atoms with Crippen LogP contribution in [-0.4, -0.2) is 30.7 Å². The van der Waals surface area contributed by atoms with Gasteiger partial charge in [0.05, 0.1) is 11.4 Å². The fourth-order valence-electron chi connectivity index (χ4n) is 1.82. The molecule has 0 spiro atoms. The molecule has 1 heterocycles. The maximum Gasteiger partial charge on any atom is 0.274 e. The summed E-state index contributed by atoms with van der Waals surface area (Å²) >= 11 is 3.94. The van der Waals surface area contributed by atoms with Crippen LogP contribution in [0, 0.1) is 0 Å². The van der Waals surface area contributed by atoms with E-state index >= 15 is 0 Å². The normalized spacial score (nSPS) is 18.1. The zero-order valence-electron chi connectivity index (χ0n) is 10.1. The Morgan fingerprint density at radius 1 is 1.56 bits per heavy atom. The molecule has 1 unspecified atom stereocenters. The molecule has 1 atom stereocenters. The van der Waals surface area contributed by atoms with Gasteiger partial charge in [-0.2, -0.15) is 12.6 Å². The monoisotopic (exact) mass is 266 g/mol. The van der Waals surface area contributed by atoms with E-state index in [2.05, 4.69) is 17.9 Å². The van der Waals surface area contributed by atoms with E-state index in [9.17, 15) is 9.59 Å². The lowest BCUT2D eigenvalue weighted by atomic mass is 10.1. The van der Waals surface area contributed by atoms with Crippen molar-refractivity contribution in [3.05, 3.63) is 18.2 Å². The minimum Gasteiger partial charge on any atom is -0.479 e. The molecular weight excluding hydrogens is 252 g/mol. The Bertz CT molecular complexity index is 504. The van der Waals surface area contributed by atoms with Crippen LogP contribution in [0.3, 0.4) is 0 Å². The Balaban J connectivity index is 2.53. The van der Waals surface area contributed by atoms with E-state index in [0.29, 0.717) is 11.4 Å². The average molecular weight is 266 g/mol. The van der Waals surface area contributed by atoms with Crippen molar-refractivity contribution in [3.8, 4) is 5.75 Å². The molecule has 0 radical (unpaired) electrons. The third kappa shape index (κ3) is 2.03. The summed E-state index contributed by atoms with van der Waals surface area (Å²) in [4.78, 5) is 25.0. The first-order valence-electron chi connectivity index (χ1n) is 5.54.